The molecule has 3 aromatic rings. The lowest BCUT2D eigenvalue weighted by Crippen LogP contribution is -2.53. The van der Waals surface area contributed by atoms with Gasteiger partial charge in [0.15, 0.2) is 0 Å². The van der Waals surface area contributed by atoms with Gasteiger partial charge in [-0.15, -0.1) is 0 Å². The maximum Gasteiger partial charge on any atom is 0.150 e. The van der Waals surface area contributed by atoms with Crippen molar-refractivity contribution in [3.63, 3.8) is 0 Å². The molecule has 2 N–H and O–H groups in total. The molecule has 2 heterocycles. The quantitative estimate of drug-likeness (QED) is 0.708. The van der Waals surface area contributed by atoms with Gasteiger partial charge in [0.2, 0.25) is 0 Å². The molecule has 2 aromatic carbocycles. The van der Waals surface area contributed by atoms with Crippen LogP contribution in [0, 0.1) is 17.5 Å². The Balaban J connectivity index is 1.54. The maximum atomic E-state index is 14.4. The Morgan fingerprint density at radius 3 is 2.33 bits per heavy atom. The number of benzene rings is 2. The highest BCUT2D eigenvalue weighted by Crippen LogP contribution is 2.45. The van der Waals surface area contributed by atoms with Crippen molar-refractivity contribution in [2.75, 3.05) is 13.2 Å². The van der Waals surface area contributed by atoms with Crippen LogP contribution in [-0.2, 0) is 4.74 Å². The Morgan fingerprint density at radius 1 is 0.926 bits per heavy atom. The first-order valence-corrected chi connectivity index (χ1v) is 9.19. The number of aromatic nitrogens is 1. The van der Waals surface area contributed by atoms with E-state index in [9.17, 15) is 13.2 Å². The number of ether oxygens (including phenoxy) is 1. The maximum absolute atomic E-state index is 14.4. The van der Waals surface area contributed by atoms with Crippen LogP contribution >= 0.6 is 0 Å². The van der Waals surface area contributed by atoms with Gasteiger partial charge in [-0.25, -0.2) is 13.2 Å². The lowest BCUT2D eigenvalue weighted by molar-refractivity contribution is -0.0156. The van der Waals surface area contributed by atoms with Crippen molar-refractivity contribution in [2.45, 2.75) is 30.8 Å². The van der Waals surface area contributed by atoms with Gasteiger partial charge in [-0.1, -0.05) is 0 Å². The van der Waals surface area contributed by atoms with E-state index < -0.39 is 11.6 Å². The number of fused-ring (bicyclic) bond motifs is 1. The molecule has 27 heavy (non-hydrogen) atoms. The van der Waals surface area contributed by atoms with Gasteiger partial charge >= 0.3 is 0 Å². The molecule has 5 rings (SSSR count). The summed E-state index contributed by atoms with van der Waals surface area (Å²) in [5, 5.41) is 4.12. The Bertz CT molecular complexity index is 989. The minimum atomic E-state index is -0.611. The summed E-state index contributed by atoms with van der Waals surface area (Å²) >= 11 is 0. The molecular weight excluding hydrogens is 353 g/mol. The van der Waals surface area contributed by atoms with E-state index in [1.165, 1.54) is 18.2 Å². The van der Waals surface area contributed by atoms with E-state index >= 15 is 0 Å². The summed E-state index contributed by atoms with van der Waals surface area (Å²) in [4.78, 5) is 3.12. The number of H-pyrrole nitrogens is 1. The first-order valence-electron chi connectivity index (χ1n) is 9.19. The number of hydrogen-bond acceptors (Lipinski definition) is 2. The molecule has 1 aliphatic carbocycles. The van der Waals surface area contributed by atoms with Crippen LogP contribution in [0.3, 0.4) is 0 Å². The third kappa shape index (κ3) is 2.93. The molecule has 1 aromatic heterocycles. The molecule has 1 saturated heterocycles. The summed E-state index contributed by atoms with van der Waals surface area (Å²) in [5.74, 6) is -1.34. The molecule has 140 valence electrons. The van der Waals surface area contributed by atoms with Crippen molar-refractivity contribution in [1.29, 1.82) is 0 Å². The lowest BCUT2D eigenvalue weighted by Gasteiger charge is -2.41. The highest BCUT2D eigenvalue weighted by molar-refractivity contribution is 5.92. The van der Waals surface area contributed by atoms with Crippen molar-refractivity contribution in [1.82, 2.24) is 10.3 Å². The fraction of sp³-hybridized carbons (Fsp3) is 0.333. The molecule has 2 aliphatic rings. The number of aromatic amines is 1. The van der Waals surface area contributed by atoms with Crippen LogP contribution in [0.5, 0.6) is 0 Å². The number of rotatable bonds is 4. The van der Waals surface area contributed by atoms with E-state index in [4.69, 9.17) is 4.74 Å². The van der Waals surface area contributed by atoms with Gasteiger partial charge in [0.05, 0.1) is 30.5 Å². The van der Waals surface area contributed by atoms with Crippen LogP contribution in [0.1, 0.15) is 24.3 Å². The fourth-order valence-corrected chi connectivity index (χ4v) is 4.16. The molecule has 0 radical (unpaired) electrons. The molecule has 0 atom stereocenters. The molecule has 0 unspecified atom stereocenters. The summed E-state index contributed by atoms with van der Waals surface area (Å²) in [6, 6.07) is 9.15. The number of halogens is 3. The predicted octanol–water partition coefficient (Wildman–Crippen LogP) is 4.49. The van der Waals surface area contributed by atoms with Gasteiger partial charge < -0.3 is 15.0 Å². The molecule has 2 fully saturated rings. The van der Waals surface area contributed by atoms with Gasteiger partial charge in [0, 0.05) is 17.5 Å². The molecule has 0 spiro atoms. The van der Waals surface area contributed by atoms with Crippen LogP contribution < -0.4 is 5.32 Å². The van der Waals surface area contributed by atoms with Gasteiger partial charge in [0.1, 0.15) is 17.5 Å². The highest BCUT2D eigenvalue weighted by atomic mass is 19.1. The van der Waals surface area contributed by atoms with Crippen molar-refractivity contribution in [2.24, 2.45) is 0 Å². The molecule has 0 bridgehead atoms. The Hall–Kier alpha value is -2.31. The summed E-state index contributed by atoms with van der Waals surface area (Å²) in [6.45, 7) is 1.48. The summed E-state index contributed by atoms with van der Waals surface area (Å²) in [6.07, 6.45) is 1.80. The second-order valence-electron chi connectivity index (χ2n) is 7.50. The second kappa shape index (κ2) is 6.39. The van der Waals surface area contributed by atoms with E-state index in [1.807, 2.05) is 0 Å². The topological polar surface area (TPSA) is 37.0 Å². The molecule has 6 heteroatoms. The normalized spacial score (nSPS) is 22.6. The van der Waals surface area contributed by atoms with E-state index in [0.717, 1.165) is 48.9 Å². The summed E-state index contributed by atoms with van der Waals surface area (Å²) in [5.41, 5.74) is 2.73. The summed E-state index contributed by atoms with van der Waals surface area (Å²) < 4.78 is 46.8. The third-order valence-corrected chi connectivity index (χ3v) is 5.65. The molecule has 3 nitrogen and oxygen atoms in total. The van der Waals surface area contributed by atoms with Crippen molar-refractivity contribution >= 4 is 10.9 Å². The van der Waals surface area contributed by atoms with Gasteiger partial charge in [0.25, 0.3) is 0 Å². The Labute approximate surface area is 154 Å². The third-order valence-electron chi connectivity index (χ3n) is 5.65. The van der Waals surface area contributed by atoms with E-state index in [0.29, 0.717) is 23.0 Å². The molecule has 0 amide bonds. The smallest absolute Gasteiger partial charge is 0.150 e. The second-order valence-corrected chi connectivity index (χ2v) is 7.50. The zero-order valence-electron chi connectivity index (χ0n) is 14.6. The Kier molecular flexibility index (Phi) is 3.98. The van der Waals surface area contributed by atoms with Crippen molar-refractivity contribution < 1.29 is 17.9 Å². The zero-order chi connectivity index (χ0) is 18.5. The number of hydrogen-bond donors (Lipinski definition) is 2. The predicted molar refractivity (Wildman–Crippen MR) is 97.1 cm³/mol. The Morgan fingerprint density at radius 2 is 1.67 bits per heavy atom. The zero-order valence-corrected chi connectivity index (χ0v) is 14.6. The molecular formula is C21H19F3N2O. The number of nitrogens with one attached hydrogen (secondary N) is 2. The van der Waals surface area contributed by atoms with Crippen LogP contribution in [0.25, 0.3) is 22.2 Å². The van der Waals surface area contributed by atoms with Gasteiger partial charge in [-0.05, 0) is 60.2 Å². The standard InChI is InChI=1S/C21H19F3N2O/c22-13-3-1-11(2-4-13)20-19(12-5-15(6-12)25-16-9-27-10-16)17-7-14(23)8-18(24)21(17)26-20/h1-4,7-8,12,15-16,25-26H,5-6,9-10H2. The minimum Gasteiger partial charge on any atom is -0.378 e. The van der Waals surface area contributed by atoms with Crippen LogP contribution in [0.4, 0.5) is 13.2 Å². The lowest BCUT2D eigenvalue weighted by atomic mass is 9.74. The van der Waals surface area contributed by atoms with Crippen molar-refractivity contribution in [3.05, 3.63) is 59.4 Å². The average Bonchev–Trinajstić information content (AvgIpc) is 2.92. The highest BCUT2D eigenvalue weighted by Gasteiger charge is 2.36. The van der Waals surface area contributed by atoms with Crippen LogP contribution in [0.15, 0.2) is 36.4 Å². The van der Waals surface area contributed by atoms with Crippen LogP contribution in [0.2, 0.25) is 0 Å². The van der Waals surface area contributed by atoms with Gasteiger partial charge in [-0.2, -0.15) is 0 Å². The largest absolute Gasteiger partial charge is 0.378 e. The molecule has 1 aliphatic heterocycles. The van der Waals surface area contributed by atoms with Gasteiger partial charge in [-0.3, -0.25) is 0 Å². The first-order chi connectivity index (χ1) is 13.1. The monoisotopic (exact) mass is 372 g/mol. The van der Waals surface area contributed by atoms with E-state index in [2.05, 4.69) is 10.3 Å². The van der Waals surface area contributed by atoms with E-state index in [-0.39, 0.29) is 11.7 Å². The fourth-order valence-electron chi connectivity index (χ4n) is 4.16. The average molecular weight is 372 g/mol. The van der Waals surface area contributed by atoms with Crippen molar-refractivity contribution in [3.8, 4) is 11.3 Å². The first kappa shape index (κ1) is 16.8. The molecule has 1 saturated carbocycles. The summed E-state index contributed by atoms with van der Waals surface area (Å²) in [7, 11) is 0. The minimum absolute atomic E-state index is 0.193. The SMILES string of the molecule is Fc1ccc(-c2[nH]c3c(F)cc(F)cc3c2C2CC(NC3COC3)C2)cc1. The van der Waals surface area contributed by atoms with Crippen LogP contribution in [-0.4, -0.2) is 30.3 Å². The van der Waals surface area contributed by atoms with E-state index in [1.54, 1.807) is 12.1 Å².